The normalized spacial score (nSPS) is 10.8. The summed E-state index contributed by atoms with van der Waals surface area (Å²) in [6, 6.07) is 12.0. The van der Waals surface area contributed by atoms with E-state index in [1.54, 1.807) is 48.7 Å². The van der Waals surface area contributed by atoms with Gasteiger partial charge in [0.05, 0.1) is 5.52 Å². The molecule has 4 rings (SSSR count). The lowest BCUT2D eigenvalue weighted by molar-refractivity contribution is 0.100. The predicted molar refractivity (Wildman–Crippen MR) is 105 cm³/mol. The molecule has 9 nitrogen and oxygen atoms in total. The van der Waals surface area contributed by atoms with Crippen LogP contribution in [0.25, 0.3) is 11.1 Å². The number of primary amides is 1. The minimum atomic E-state index is -0.511. The Morgan fingerprint density at radius 3 is 2.79 bits per heavy atom. The number of carbonyl (C=O) groups is 1. The van der Waals surface area contributed by atoms with E-state index in [-0.39, 0.29) is 0 Å². The zero-order valence-corrected chi connectivity index (χ0v) is 14.8. The number of amides is 1. The summed E-state index contributed by atoms with van der Waals surface area (Å²) in [5.74, 6) is -0.0696. The Hall–Kier alpha value is -4.14. The summed E-state index contributed by atoms with van der Waals surface area (Å²) in [7, 11) is 0. The molecule has 0 bridgehead atoms. The first-order valence-electron chi connectivity index (χ1n) is 8.38. The standard InChI is InChI=1S/C19H16N6O3/c1-10-9-21-18(23-12-4-2-3-11(7-12)16(20)26)25-17(10)22-13-5-6-15-14(8-13)24-19(27)28-15/h2-9H,1H3,(H2,20,26)(H,24,27)(H2,21,22,23,25). The fourth-order valence-electron chi connectivity index (χ4n) is 2.67. The van der Waals surface area contributed by atoms with Crippen LogP contribution in [0.4, 0.5) is 23.1 Å². The number of H-pyrrole nitrogens is 1. The van der Waals surface area contributed by atoms with Gasteiger partial charge in [-0.3, -0.25) is 9.78 Å². The number of hydrogen-bond acceptors (Lipinski definition) is 7. The highest BCUT2D eigenvalue weighted by Crippen LogP contribution is 2.23. The molecule has 0 aliphatic heterocycles. The zero-order valence-electron chi connectivity index (χ0n) is 14.8. The molecule has 0 fully saturated rings. The molecule has 0 saturated carbocycles. The van der Waals surface area contributed by atoms with Crippen LogP contribution in [0.2, 0.25) is 0 Å². The molecule has 5 N–H and O–H groups in total. The van der Waals surface area contributed by atoms with Crippen molar-refractivity contribution in [2.75, 3.05) is 10.6 Å². The Balaban J connectivity index is 1.60. The molecule has 2 heterocycles. The summed E-state index contributed by atoms with van der Waals surface area (Å²) in [6.07, 6.45) is 1.67. The number of nitrogens with one attached hydrogen (secondary N) is 3. The van der Waals surface area contributed by atoms with Gasteiger partial charge in [-0.15, -0.1) is 0 Å². The predicted octanol–water partition coefficient (Wildman–Crippen LogP) is 2.81. The van der Waals surface area contributed by atoms with Crippen molar-refractivity contribution < 1.29 is 9.21 Å². The van der Waals surface area contributed by atoms with Crippen LogP contribution in [0.15, 0.2) is 57.9 Å². The largest absolute Gasteiger partial charge is 0.417 e. The molecule has 28 heavy (non-hydrogen) atoms. The van der Waals surface area contributed by atoms with E-state index < -0.39 is 11.7 Å². The van der Waals surface area contributed by atoms with Gasteiger partial charge in [0.15, 0.2) is 5.58 Å². The van der Waals surface area contributed by atoms with Gasteiger partial charge in [0.25, 0.3) is 0 Å². The number of benzene rings is 2. The molecule has 1 amide bonds. The van der Waals surface area contributed by atoms with Crippen LogP contribution in [0, 0.1) is 6.92 Å². The van der Waals surface area contributed by atoms with Crippen LogP contribution in [0.1, 0.15) is 15.9 Å². The van der Waals surface area contributed by atoms with Gasteiger partial charge in [-0.25, -0.2) is 9.78 Å². The third-order valence-electron chi connectivity index (χ3n) is 4.06. The molecule has 0 saturated heterocycles. The van der Waals surface area contributed by atoms with Crippen molar-refractivity contribution >= 4 is 40.1 Å². The molecule has 0 spiro atoms. The number of hydrogen-bond donors (Lipinski definition) is 4. The number of nitrogens with zero attached hydrogens (tertiary/aromatic N) is 2. The Labute approximate surface area is 158 Å². The van der Waals surface area contributed by atoms with Gasteiger partial charge in [0, 0.05) is 28.7 Å². The first kappa shape index (κ1) is 17.3. The second-order valence-electron chi connectivity index (χ2n) is 6.15. The summed E-state index contributed by atoms with van der Waals surface area (Å²) in [5, 5.41) is 6.25. The van der Waals surface area contributed by atoms with Crippen LogP contribution in [0.5, 0.6) is 0 Å². The monoisotopic (exact) mass is 376 g/mol. The van der Waals surface area contributed by atoms with Gasteiger partial charge in [-0.05, 0) is 43.3 Å². The van der Waals surface area contributed by atoms with Crippen LogP contribution in [-0.2, 0) is 0 Å². The molecular formula is C19H16N6O3. The summed E-state index contributed by atoms with van der Waals surface area (Å²) >= 11 is 0. The van der Waals surface area contributed by atoms with Crippen molar-refractivity contribution in [2.45, 2.75) is 6.92 Å². The fourth-order valence-corrected chi connectivity index (χ4v) is 2.67. The van der Waals surface area contributed by atoms with Gasteiger partial charge in [0.2, 0.25) is 11.9 Å². The lowest BCUT2D eigenvalue weighted by Crippen LogP contribution is -2.11. The first-order valence-corrected chi connectivity index (χ1v) is 8.38. The number of nitrogens with two attached hydrogens (primary N) is 1. The number of carbonyl (C=O) groups excluding carboxylic acids is 1. The number of fused-ring (bicyclic) bond motifs is 1. The van der Waals surface area contributed by atoms with Crippen molar-refractivity contribution in [3.63, 3.8) is 0 Å². The SMILES string of the molecule is Cc1cnc(Nc2cccc(C(N)=O)c2)nc1Nc1ccc2oc(=O)[nH]c2c1. The quantitative estimate of drug-likeness (QED) is 0.420. The van der Waals surface area contributed by atoms with E-state index in [0.29, 0.717) is 34.1 Å². The molecule has 0 aliphatic rings. The Morgan fingerprint density at radius 2 is 1.96 bits per heavy atom. The lowest BCUT2D eigenvalue weighted by Gasteiger charge is -2.11. The summed E-state index contributed by atoms with van der Waals surface area (Å²) in [5.41, 5.74) is 8.96. The molecule has 0 unspecified atom stereocenters. The molecule has 9 heteroatoms. The molecule has 0 radical (unpaired) electrons. The minimum Gasteiger partial charge on any atom is -0.408 e. The fraction of sp³-hybridized carbons (Fsp3) is 0.0526. The van der Waals surface area contributed by atoms with Crippen molar-refractivity contribution in [3.05, 3.63) is 70.3 Å². The Bertz CT molecular complexity index is 1240. The highest BCUT2D eigenvalue weighted by Gasteiger charge is 2.08. The van der Waals surface area contributed by atoms with Crippen molar-refractivity contribution in [2.24, 2.45) is 5.73 Å². The number of oxazole rings is 1. The van der Waals surface area contributed by atoms with E-state index >= 15 is 0 Å². The second-order valence-corrected chi connectivity index (χ2v) is 6.15. The number of aromatic amines is 1. The highest BCUT2D eigenvalue weighted by molar-refractivity contribution is 5.93. The van der Waals surface area contributed by atoms with Gasteiger partial charge < -0.3 is 20.8 Å². The average Bonchev–Trinajstić information content (AvgIpc) is 3.04. The summed E-state index contributed by atoms with van der Waals surface area (Å²) < 4.78 is 5.00. The Morgan fingerprint density at radius 1 is 1.14 bits per heavy atom. The van der Waals surface area contributed by atoms with E-state index in [1.165, 1.54) is 0 Å². The van der Waals surface area contributed by atoms with E-state index in [9.17, 15) is 9.59 Å². The molecule has 0 atom stereocenters. The lowest BCUT2D eigenvalue weighted by atomic mass is 10.2. The maximum atomic E-state index is 11.3. The third-order valence-corrected chi connectivity index (χ3v) is 4.06. The van der Waals surface area contributed by atoms with Gasteiger partial charge >= 0.3 is 5.76 Å². The zero-order chi connectivity index (χ0) is 19.7. The number of aromatic nitrogens is 3. The van der Waals surface area contributed by atoms with E-state index in [0.717, 1.165) is 11.3 Å². The van der Waals surface area contributed by atoms with E-state index in [2.05, 4.69) is 25.6 Å². The topological polar surface area (TPSA) is 139 Å². The third kappa shape index (κ3) is 3.54. The van der Waals surface area contributed by atoms with Crippen molar-refractivity contribution in [1.29, 1.82) is 0 Å². The van der Waals surface area contributed by atoms with Crippen LogP contribution >= 0.6 is 0 Å². The first-order chi connectivity index (χ1) is 13.5. The van der Waals surface area contributed by atoms with Crippen LogP contribution < -0.4 is 22.1 Å². The maximum Gasteiger partial charge on any atom is 0.417 e. The molecule has 0 aliphatic carbocycles. The van der Waals surface area contributed by atoms with E-state index in [4.69, 9.17) is 10.2 Å². The number of anilines is 4. The van der Waals surface area contributed by atoms with Crippen molar-refractivity contribution in [3.8, 4) is 0 Å². The second kappa shape index (κ2) is 6.88. The molecule has 140 valence electrons. The summed E-state index contributed by atoms with van der Waals surface area (Å²) in [4.78, 5) is 34.0. The molecule has 2 aromatic carbocycles. The van der Waals surface area contributed by atoms with Gasteiger partial charge in [0.1, 0.15) is 5.82 Å². The molecular weight excluding hydrogens is 360 g/mol. The van der Waals surface area contributed by atoms with Gasteiger partial charge in [-0.1, -0.05) is 6.07 Å². The van der Waals surface area contributed by atoms with Crippen LogP contribution in [-0.4, -0.2) is 20.9 Å². The van der Waals surface area contributed by atoms with Gasteiger partial charge in [-0.2, -0.15) is 4.98 Å². The van der Waals surface area contributed by atoms with Crippen molar-refractivity contribution in [1.82, 2.24) is 15.0 Å². The highest BCUT2D eigenvalue weighted by atomic mass is 16.4. The number of aryl methyl sites for hydroxylation is 1. The Kier molecular flexibility index (Phi) is 4.24. The number of rotatable bonds is 5. The average molecular weight is 376 g/mol. The minimum absolute atomic E-state index is 0.354. The molecule has 4 aromatic rings. The van der Waals surface area contributed by atoms with Crippen LogP contribution in [0.3, 0.4) is 0 Å². The summed E-state index contributed by atoms with van der Waals surface area (Å²) in [6.45, 7) is 1.87. The smallest absolute Gasteiger partial charge is 0.408 e. The van der Waals surface area contributed by atoms with E-state index in [1.807, 2.05) is 6.92 Å². The molecule has 2 aromatic heterocycles. The maximum absolute atomic E-state index is 11.3.